The van der Waals surface area contributed by atoms with Gasteiger partial charge in [-0.15, -0.1) is 0 Å². The number of fused-ring (bicyclic) bond motifs is 1. The van der Waals surface area contributed by atoms with Gasteiger partial charge in [0.1, 0.15) is 11.5 Å². The van der Waals surface area contributed by atoms with Crippen LogP contribution in [0, 0.1) is 12.7 Å². The molecule has 2 aromatic heterocycles. The minimum Gasteiger partial charge on any atom is -0.322 e. The van der Waals surface area contributed by atoms with E-state index in [2.05, 4.69) is 15.2 Å². The zero-order chi connectivity index (χ0) is 20.7. The second-order valence-corrected chi connectivity index (χ2v) is 7.47. The zero-order valence-electron chi connectivity index (χ0n) is 16.3. The molecule has 0 saturated heterocycles. The number of aromatic nitrogens is 3. The molecule has 0 aliphatic carbocycles. The molecule has 0 radical (unpaired) electrons. The molecule has 1 aliphatic heterocycles. The third-order valence-corrected chi connectivity index (χ3v) is 5.46. The van der Waals surface area contributed by atoms with Crippen molar-refractivity contribution in [3.63, 3.8) is 0 Å². The van der Waals surface area contributed by atoms with Crippen molar-refractivity contribution in [2.75, 3.05) is 0 Å². The smallest absolute Gasteiger partial charge is 0.273 e. The summed E-state index contributed by atoms with van der Waals surface area (Å²) in [6.07, 6.45) is 3.40. The minimum absolute atomic E-state index is 0.151. The van der Waals surface area contributed by atoms with Crippen molar-refractivity contribution in [3.8, 4) is 11.3 Å². The van der Waals surface area contributed by atoms with E-state index in [9.17, 15) is 9.18 Å². The molecule has 1 amide bonds. The summed E-state index contributed by atoms with van der Waals surface area (Å²) in [6.45, 7) is 2.41. The second-order valence-electron chi connectivity index (χ2n) is 7.47. The number of pyridine rings is 1. The number of hydrogen-bond acceptors (Lipinski definition) is 3. The van der Waals surface area contributed by atoms with Crippen molar-refractivity contribution in [3.05, 3.63) is 107 Å². The summed E-state index contributed by atoms with van der Waals surface area (Å²) >= 11 is 0. The maximum Gasteiger partial charge on any atom is 0.273 e. The Morgan fingerprint density at radius 2 is 1.83 bits per heavy atom. The van der Waals surface area contributed by atoms with Crippen LogP contribution < -0.4 is 0 Å². The second kappa shape index (κ2) is 7.22. The molecule has 0 fully saturated rings. The van der Waals surface area contributed by atoms with Crippen molar-refractivity contribution in [1.82, 2.24) is 20.1 Å². The van der Waals surface area contributed by atoms with Gasteiger partial charge < -0.3 is 4.90 Å². The fourth-order valence-corrected chi connectivity index (χ4v) is 4.00. The fraction of sp³-hybridized carbons (Fsp3) is 0.125. The van der Waals surface area contributed by atoms with Gasteiger partial charge in [0.15, 0.2) is 0 Å². The van der Waals surface area contributed by atoms with Crippen molar-refractivity contribution >= 4 is 5.91 Å². The molecule has 3 heterocycles. The predicted molar refractivity (Wildman–Crippen MR) is 111 cm³/mol. The van der Waals surface area contributed by atoms with Crippen LogP contribution in [0.4, 0.5) is 4.39 Å². The highest BCUT2D eigenvalue weighted by Crippen LogP contribution is 2.43. The van der Waals surface area contributed by atoms with Crippen LogP contribution in [-0.4, -0.2) is 26.0 Å². The average molecular weight is 398 g/mol. The van der Waals surface area contributed by atoms with E-state index < -0.39 is 6.04 Å². The van der Waals surface area contributed by atoms with Crippen molar-refractivity contribution in [2.24, 2.45) is 0 Å². The summed E-state index contributed by atoms with van der Waals surface area (Å²) < 4.78 is 14.1. The molecule has 1 atom stereocenters. The van der Waals surface area contributed by atoms with Crippen molar-refractivity contribution in [2.45, 2.75) is 19.5 Å². The van der Waals surface area contributed by atoms with Crippen LogP contribution >= 0.6 is 0 Å². The Hall–Kier alpha value is -3.80. The van der Waals surface area contributed by atoms with Crippen LogP contribution in [0.1, 0.15) is 38.8 Å². The summed E-state index contributed by atoms with van der Waals surface area (Å²) in [7, 11) is 0. The number of nitrogens with zero attached hydrogens (tertiary/aromatic N) is 3. The first-order chi connectivity index (χ1) is 14.6. The summed E-state index contributed by atoms with van der Waals surface area (Å²) in [5.74, 6) is -0.487. The van der Waals surface area contributed by atoms with E-state index in [0.29, 0.717) is 23.5 Å². The molecular weight excluding hydrogens is 379 g/mol. The van der Waals surface area contributed by atoms with Crippen LogP contribution in [0.15, 0.2) is 73.1 Å². The van der Waals surface area contributed by atoms with Gasteiger partial charge in [-0.25, -0.2) is 4.39 Å². The number of benzene rings is 2. The van der Waals surface area contributed by atoms with E-state index in [4.69, 9.17) is 0 Å². The highest BCUT2D eigenvalue weighted by atomic mass is 19.1. The summed E-state index contributed by atoms with van der Waals surface area (Å²) in [4.78, 5) is 19.1. The number of amides is 1. The molecule has 1 unspecified atom stereocenters. The number of aromatic amines is 1. The first-order valence-electron chi connectivity index (χ1n) is 9.72. The number of halogens is 1. The van der Waals surface area contributed by atoms with Gasteiger partial charge in [0.05, 0.1) is 11.7 Å². The first-order valence-corrected chi connectivity index (χ1v) is 9.72. The molecule has 0 spiro atoms. The van der Waals surface area contributed by atoms with Gasteiger partial charge in [-0.3, -0.25) is 14.9 Å². The quantitative estimate of drug-likeness (QED) is 0.544. The van der Waals surface area contributed by atoms with Crippen molar-refractivity contribution in [1.29, 1.82) is 0 Å². The standard InChI is InChI=1S/C24H19FN4O/c1-15-5-7-17(8-6-15)21-20-22(28-27-21)24(30)29(14-16-9-11-26-12-10-16)23(20)18-3-2-4-19(25)13-18/h2-13,23H,14H2,1H3,(H,27,28). The van der Waals surface area contributed by atoms with Crippen LogP contribution in [0.3, 0.4) is 0 Å². The van der Waals surface area contributed by atoms with Gasteiger partial charge in [0, 0.05) is 30.1 Å². The summed E-state index contributed by atoms with van der Waals surface area (Å²) in [5.41, 5.74) is 5.67. The number of carbonyl (C=O) groups excluding carboxylic acids is 1. The van der Waals surface area contributed by atoms with Crippen molar-refractivity contribution < 1.29 is 9.18 Å². The van der Waals surface area contributed by atoms with Gasteiger partial charge in [0.25, 0.3) is 5.91 Å². The van der Waals surface area contributed by atoms with Crippen LogP contribution in [0.2, 0.25) is 0 Å². The molecule has 6 heteroatoms. The maximum absolute atomic E-state index is 14.1. The highest BCUT2D eigenvalue weighted by Gasteiger charge is 2.42. The lowest BCUT2D eigenvalue weighted by molar-refractivity contribution is 0.0729. The SMILES string of the molecule is Cc1ccc(-c2n[nH]c3c2C(c2cccc(F)c2)N(Cc2ccncc2)C3=O)cc1. The Morgan fingerprint density at radius 1 is 1.07 bits per heavy atom. The Morgan fingerprint density at radius 3 is 2.57 bits per heavy atom. The Bertz CT molecular complexity index is 1220. The van der Waals surface area contributed by atoms with E-state index in [1.165, 1.54) is 12.1 Å². The van der Waals surface area contributed by atoms with Gasteiger partial charge in [-0.2, -0.15) is 5.10 Å². The van der Waals surface area contributed by atoms with E-state index in [-0.39, 0.29) is 11.7 Å². The molecule has 148 valence electrons. The number of rotatable bonds is 4. The van der Waals surface area contributed by atoms with Crippen LogP contribution in [0.5, 0.6) is 0 Å². The lowest BCUT2D eigenvalue weighted by Gasteiger charge is -2.26. The van der Waals surface area contributed by atoms with Gasteiger partial charge >= 0.3 is 0 Å². The van der Waals surface area contributed by atoms with Gasteiger partial charge in [-0.1, -0.05) is 42.0 Å². The minimum atomic E-state index is -0.439. The number of aryl methyl sites for hydroxylation is 1. The highest BCUT2D eigenvalue weighted by molar-refractivity contribution is 6.00. The monoisotopic (exact) mass is 398 g/mol. The van der Waals surface area contributed by atoms with Crippen LogP contribution in [-0.2, 0) is 6.54 Å². The molecule has 5 rings (SSSR count). The number of nitrogens with one attached hydrogen (secondary N) is 1. The largest absolute Gasteiger partial charge is 0.322 e. The lowest BCUT2D eigenvalue weighted by Crippen LogP contribution is -2.29. The number of carbonyl (C=O) groups is 1. The molecule has 0 bridgehead atoms. The summed E-state index contributed by atoms with van der Waals surface area (Å²) in [5, 5.41) is 7.38. The Labute approximate surface area is 173 Å². The van der Waals surface area contributed by atoms with Gasteiger partial charge in [-0.05, 0) is 42.3 Å². The van der Waals surface area contributed by atoms with E-state index in [1.807, 2.05) is 49.4 Å². The molecule has 30 heavy (non-hydrogen) atoms. The first kappa shape index (κ1) is 18.2. The maximum atomic E-state index is 14.1. The van der Waals surface area contributed by atoms with E-state index >= 15 is 0 Å². The Balaban J connectivity index is 1.66. The summed E-state index contributed by atoms with van der Waals surface area (Å²) in [6, 6.07) is 17.7. The molecule has 2 aromatic carbocycles. The molecule has 4 aromatic rings. The molecular formula is C24H19FN4O. The number of H-pyrrole nitrogens is 1. The molecule has 0 saturated carbocycles. The molecule has 5 nitrogen and oxygen atoms in total. The normalized spacial score (nSPS) is 15.5. The molecule has 1 N–H and O–H groups in total. The lowest BCUT2D eigenvalue weighted by atomic mass is 9.95. The van der Waals surface area contributed by atoms with E-state index in [0.717, 1.165) is 22.3 Å². The number of hydrogen-bond donors (Lipinski definition) is 1. The Kier molecular flexibility index (Phi) is 4.39. The van der Waals surface area contributed by atoms with Crippen LogP contribution in [0.25, 0.3) is 11.3 Å². The van der Waals surface area contributed by atoms with E-state index in [1.54, 1.807) is 23.4 Å². The fourth-order valence-electron chi connectivity index (χ4n) is 4.00. The topological polar surface area (TPSA) is 61.9 Å². The zero-order valence-corrected chi connectivity index (χ0v) is 16.3. The van der Waals surface area contributed by atoms with Gasteiger partial charge in [0.2, 0.25) is 0 Å². The molecule has 1 aliphatic rings. The third kappa shape index (κ3) is 3.06. The third-order valence-electron chi connectivity index (χ3n) is 5.46. The average Bonchev–Trinajstić information content (AvgIpc) is 3.29. The predicted octanol–water partition coefficient (Wildman–Crippen LogP) is 4.66.